The molecule has 1 unspecified atom stereocenters. The molecule has 0 radical (unpaired) electrons. The number of benzene rings is 2. The third kappa shape index (κ3) is 5.24. The van der Waals surface area contributed by atoms with Crippen molar-refractivity contribution in [3.05, 3.63) is 65.7 Å². The van der Waals surface area contributed by atoms with Crippen molar-refractivity contribution in [2.75, 3.05) is 13.7 Å². The van der Waals surface area contributed by atoms with E-state index in [0.29, 0.717) is 11.8 Å². The van der Waals surface area contributed by atoms with E-state index in [1.165, 1.54) is 31.4 Å². The summed E-state index contributed by atoms with van der Waals surface area (Å²) in [4.78, 5) is 12.6. The maximum Gasteiger partial charge on any atom is 0.419 e. The summed E-state index contributed by atoms with van der Waals surface area (Å²) in [5, 5.41) is 11.0. The van der Waals surface area contributed by atoms with Gasteiger partial charge in [-0.05, 0) is 47.9 Å². The molecule has 5 nitrogen and oxygen atoms in total. The van der Waals surface area contributed by atoms with Crippen molar-refractivity contribution >= 4 is 11.5 Å². The number of rotatable bonds is 7. The van der Waals surface area contributed by atoms with Gasteiger partial charge in [0.15, 0.2) is 5.54 Å². The second-order valence-electron chi connectivity index (χ2n) is 7.91. The lowest BCUT2D eigenvalue weighted by atomic mass is 9.76. The van der Waals surface area contributed by atoms with Crippen LogP contribution < -0.4 is 14.8 Å². The number of ether oxygens (including phenoxy) is 2. The molecule has 3 rings (SSSR count). The number of amides is 1. The van der Waals surface area contributed by atoms with Crippen molar-refractivity contribution in [2.45, 2.75) is 36.4 Å². The minimum Gasteiger partial charge on any atom is -0.497 e. The van der Waals surface area contributed by atoms with E-state index in [1.54, 1.807) is 5.32 Å². The fourth-order valence-corrected chi connectivity index (χ4v) is 3.65. The van der Waals surface area contributed by atoms with Gasteiger partial charge >= 0.3 is 12.4 Å². The van der Waals surface area contributed by atoms with Crippen LogP contribution in [0.5, 0.6) is 11.5 Å². The number of nitriles is 1. The number of nitrogens with zero attached hydrogens (tertiary/aromatic N) is 1. The summed E-state index contributed by atoms with van der Waals surface area (Å²) in [6, 6.07) is 10.3. The minimum absolute atomic E-state index is 0.00314. The largest absolute Gasteiger partial charge is 0.497 e. The highest BCUT2D eigenvalue weighted by molar-refractivity contribution is 6.05. The molecule has 0 aromatic heterocycles. The molecule has 0 saturated heterocycles. The second kappa shape index (κ2) is 9.72. The van der Waals surface area contributed by atoms with Gasteiger partial charge in [-0.25, -0.2) is 4.39 Å². The van der Waals surface area contributed by atoms with E-state index >= 15 is 4.39 Å². The van der Waals surface area contributed by atoms with Gasteiger partial charge in [-0.2, -0.15) is 31.6 Å². The summed E-state index contributed by atoms with van der Waals surface area (Å²) in [6.07, 6.45) is -10.5. The van der Waals surface area contributed by atoms with Crippen molar-refractivity contribution in [3.63, 3.8) is 0 Å². The second-order valence-corrected chi connectivity index (χ2v) is 7.91. The lowest BCUT2D eigenvalue weighted by Crippen LogP contribution is -2.62. The highest BCUT2D eigenvalue weighted by atomic mass is 19.4. The lowest BCUT2D eigenvalue weighted by Gasteiger charge is -2.41. The molecule has 36 heavy (non-hydrogen) atoms. The van der Waals surface area contributed by atoms with Gasteiger partial charge in [0.2, 0.25) is 0 Å². The molecular weight excluding hydrogens is 497 g/mol. The zero-order valence-electron chi connectivity index (χ0n) is 18.6. The molecule has 1 aliphatic rings. The van der Waals surface area contributed by atoms with Crippen LogP contribution in [-0.4, -0.2) is 37.6 Å². The van der Waals surface area contributed by atoms with E-state index in [2.05, 4.69) is 0 Å². The fourth-order valence-electron chi connectivity index (χ4n) is 3.65. The van der Waals surface area contributed by atoms with Gasteiger partial charge in [-0.15, -0.1) is 0 Å². The van der Waals surface area contributed by atoms with Gasteiger partial charge in [-0.1, -0.05) is 24.3 Å². The molecule has 1 heterocycles. The van der Waals surface area contributed by atoms with Crippen molar-refractivity contribution in [3.8, 4) is 17.6 Å². The zero-order chi connectivity index (χ0) is 26.8. The molecule has 1 aliphatic heterocycles. The number of methoxy groups -OCH3 is 1. The van der Waals surface area contributed by atoms with E-state index in [4.69, 9.17) is 9.47 Å². The number of halogens is 7. The molecule has 0 spiro atoms. The van der Waals surface area contributed by atoms with Crippen molar-refractivity contribution in [1.82, 2.24) is 5.32 Å². The first kappa shape index (κ1) is 26.8. The van der Waals surface area contributed by atoms with E-state index < -0.39 is 47.0 Å². The SMILES string of the molecule is COc1ccc(C2=C[C@@](c3ccc(OCCCC(F)(F)F)cc3)(C(F)(F)F)NC(=O)C2(F)C#N)cc1. The standard InChI is InChI=1S/C24H19F7N2O3/c1-35-17-7-3-15(4-8-17)19-13-22(24(29,30)31,33-20(34)21(19,25)14-32)16-5-9-18(10-6-16)36-12-2-11-23(26,27)28/h3-10,13H,2,11-12H2,1H3,(H,33,34)/t21?,22-/m1/s1. The molecule has 2 aromatic rings. The van der Waals surface area contributed by atoms with Crippen LogP contribution in [0.2, 0.25) is 0 Å². The van der Waals surface area contributed by atoms with Gasteiger partial charge in [0, 0.05) is 12.0 Å². The van der Waals surface area contributed by atoms with Crippen molar-refractivity contribution in [2.24, 2.45) is 0 Å². The molecule has 12 heteroatoms. The first-order valence-corrected chi connectivity index (χ1v) is 10.4. The number of hydrogen-bond donors (Lipinski definition) is 1. The van der Waals surface area contributed by atoms with Crippen LogP contribution in [0.1, 0.15) is 24.0 Å². The van der Waals surface area contributed by atoms with Crippen LogP contribution in [0.4, 0.5) is 30.7 Å². The summed E-state index contributed by atoms with van der Waals surface area (Å²) in [7, 11) is 1.34. The topological polar surface area (TPSA) is 71.3 Å². The Kier molecular flexibility index (Phi) is 7.25. The van der Waals surface area contributed by atoms with Crippen LogP contribution in [0.15, 0.2) is 54.6 Å². The molecule has 1 amide bonds. The van der Waals surface area contributed by atoms with Crippen molar-refractivity contribution < 1.29 is 45.0 Å². The van der Waals surface area contributed by atoms with Crippen LogP contribution >= 0.6 is 0 Å². The lowest BCUT2D eigenvalue weighted by molar-refractivity contribution is -0.190. The molecule has 2 atom stereocenters. The van der Waals surface area contributed by atoms with Crippen LogP contribution in [-0.2, 0) is 10.3 Å². The Hall–Kier alpha value is -3.75. The average Bonchev–Trinajstić information content (AvgIpc) is 2.82. The highest BCUT2D eigenvalue weighted by Gasteiger charge is 2.62. The van der Waals surface area contributed by atoms with Gasteiger partial charge in [0.05, 0.1) is 13.7 Å². The Labute approximate surface area is 201 Å². The average molecular weight is 516 g/mol. The summed E-state index contributed by atoms with van der Waals surface area (Å²) in [5.41, 5.74) is -8.10. The molecular formula is C24H19F7N2O3. The first-order valence-electron chi connectivity index (χ1n) is 10.4. The van der Waals surface area contributed by atoms with Gasteiger partial charge in [-0.3, -0.25) is 4.79 Å². The maximum atomic E-state index is 15.5. The number of nitrogens with one attached hydrogen (secondary N) is 1. The quantitative estimate of drug-likeness (QED) is 0.383. The molecule has 0 aliphatic carbocycles. The number of alkyl halides is 7. The van der Waals surface area contributed by atoms with Gasteiger partial charge < -0.3 is 14.8 Å². The highest BCUT2D eigenvalue weighted by Crippen LogP contribution is 2.48. The maximum absolute atomic E-state index is 15.5. The van der Waals surface area contributed by atoms with Crippen LogP contribution in [0.25, 0.3) is 5.57 Å². The summed E-state index contributed by atoms with van der Waals surface area (Å²) in [5.74, 6) is -1.49. The Morgan fingerprint density at radius 3 is 2.06 bits per heavy atom. The minimum atomic E-state index is -5.17. The van der Waals surface area contributed by atoms with Crippen LogP contribution in [0, 0.1) is 11.3 Å². The molecule has 0 bridgehead atoms. The predicted octanol–water partition coefficient (Wildman–Crippen LogP) is 5.62. The Balaban J connectivity index is 2.03. The fraction of sp³-hybridized carbons (Fsp3) is 0.333. The molecule has 192 valence electrons. The van der Waals surface area contributed by atoms with E-state index in [1.807, 2.05) is 0 Å². The van der Waals surface area contributed by atoms with Gasteiger partial charge in [0.1, 0.15) is 17.6 Å². The monoisotopic (exact) mass is 516 g/mol. The smallest absolute Gasteiger partial charge is 0.419 e. The number of carbonyl (C=O) groups is 1. The number of hydrogen-bond acceptors (Lipinski definition) is 4. The number of carbonyl (C=O) groups excluding carboxylic acids is 1. The summed E-state index contributed by atoms with van der Waals surface area (Å²) >= 11 is 0. The Morgan fingerprint density at radius 2 is 1.56 bits per heavy atom. The van der Waals surface area contributed by atoms with E-state index in [0.717, 1.165) is 30.3 Å². The molecule has 0 fully saturated rings. The van der Waals surface area contributed by atoms with Gasteiger partial charge in [0.25, 0.3) is 11.6 Å². The third-order valence-electron chi connectivity index (χ3n) is 5.54. The normalized spacial score (nSPS) is 22.3. The summed E-state index contributed by atoms with van der Waals surface area (Å²) < 4.78 is 106. The Morgan fingerprint density at radius 1 is 0.972 bits per heavy atom. The Bertz CT molecular complexity index is 1170. The van der Waals surface area contributed by atoms with E-state index in [9.17, 15) is 36.4 Å². The predicted molar refractivity (Wildman–Crippen MR) is 114 cm³/mol. The molecule has 0 saturated carbocycles. The summed E-state index contributed by atoms with van der Waals surface area (Å²) in [6.45, 7) is -0.325. The molecule has 2 aromatic carbocycles. The molecule has 1 N–H and O–H groups in total. The van der Waals surface area contributed by atoms with Crippen molar-refractivity contribution in [1.29, 1.82) is 5.26 Å². The van der Waals surface area contributed by atoms with E-state index in [-0.39, 0.29) is 24.3 Å². The third-order valence-corrected chi connectivity index (χ3v) is 5.54. The van der Waals surface area contributed by atoms with Crippen LogP contribution in [0.3, 0.4) is 0 Å². The zero-order valence-corrected chi connectivity index (χ0v) is 18.6. The first-order chi connectivity index (χ1) is 16.8.